The smallest absolute Gasteiger partial charge is 0.188 e. The molecule has 0 spiro atoms. The molecule has 0 atom stereocenters. The van der Waals surface area contributed by atoms with Crippen molar-refractivity contribution in [2.75, 3.05) is 0 Å². The fourth-order valence-corrected chi connectivity index (χ4v) is 1.58. The summed E-state index contributed by atoms with van der Waals surface area (Å²) in [5.41, 5.74) is 1.10. The van der Waals surface area contributed by atoms with Crippen LogP contribution in [0, 0.1) is 0 Å². The highest BCUT2D eigenvalue weighted by molar-refractivity contribution is 7.80. The topological polar surface area (TPSA) is 30.7 Å². The van der Waals surface area contributed by atoms with E-state index in [0.29, 0.717) is 11.7 Å². The maximum Gasteiger partial charge on any atom is 0.188 e. The number of aromatic nitrogens is 3. The number of benzene rings is 1. The third kappa shape index (κ3) is 2.08. The van der Waals surface area contributed by atoms with Gasteiger partial charge in [0.05, 0.1) is 6.54 Å². The Morgan fingerprint density at radius 2 is 2.29 bits per heavy atom. The minimum Gasteiger partial charge on any atom is -0.304 e. The van der Waals surface area contributed by atoms with Crippen LogP contribution in [0.5, 0.6) is 0 Å². The average Bonchev–Trinajstić information content (AvgIpc) is 2.52. The summed E-state index contributed by atoms with van der Waals surface area (Å²) in [6.45, 7) is 0.687. The molecule has 2 aromatic rings. The van der Waals surface area contributed by atoms with Gasteiger partial charge in [0.15, 0.2) is 5.16 Å². The van der Waals surface area contributed by atoms with Gasteiger partial charge in [-0.1, -0.05) is 23.7 Å². The first-order chi connectivity index (χ1) is 6.75. The molecule has 1 heterocycles. The van der Waals surface area contributed by atoms with Gasteiger partial charge in [-0.2, -0.15) is 0 Å². The van der Waals surface area contributed by atoms with Crippen molar-refractivity contribution in [2.45, 2.75) is 11.7 Å². The Morgan fingerprint density at radius 3 is 2.93 bits per heavy atom. The van der Waals surface area contributed by atoms with Crippen molar-refractivity contribution in [3.05, 3.63) is 41.2 Å². The van der Waals surface area contributed by atoms with E-state index < -0.39 is 0 Å². The molecule has 0 aliphatic carbocycles. The van der Waals surface area contributed by atoms with Gasteiger partial charge in [0.25, 0.3) is 0 Å². The van der Waals surface area contributed by atoms with Gasteiger partial charge in [-0.3, -0.25) is 0 Å². The second kappa shape index (κ2) is 4.02. The van der Waals surface area contributed by atoms with Crippen LogP contribution in [0.3, 0.4) is 0 Å². The van der Waals surface area contributed by atoms with Crippen LogP contribution in [-0.2, 0) is 6.54 Å². The van der Waals surface area contributed by atoms with Crippen LogP contribution < -0.4 is 0 Å². The van der Waals surface area contributed by atoms with Crippen LogP contribution in [-0.4, -0.2) is 14.8 Å². The monoisotopic (exact) mass is 225 g/mol. The normalized spacial score (nSPS) is 10.4. The van der Waals surface area contributed by atoms with Gasteiger partial charge in [-0.25, -0.2) is 0 Å². The van der Waals surface area contributed by atoms with Gasteiger partial charge in [0, 0.05) is 5.02 Å². The summed E-state index contributed by atoms with van der Waals surface area (Å²) in [7, 11) is 0. The molecule has 1 aromatic heterocycles. The molecule has 0 aliphatic rings. The van der Waals surface area contributed by atoms with E-state index in [-0.39, 0.29) is 0 Å². The van der Waals surface area contributed by atoms with E-state index in [1.165, 1.54) is 0 Å². The number of hydrogen-bond donors (Lipinski definition) is 1. The molecule has 0 fully saturated rings. The highest BCUT2D eigenvalue weighted by Crippen LogP contribution is 2.12. The van der Waals surface area contributed by atoms with Crippen molar-refractivity contribution in [2.24, 2.45) is 0 Å². The third-order valence-electron chi connectivity index (χ3n) is 1.84. The summed E-state index contributed by atoms with van der Waals surface area (Å²) in [6, 6.07) is 7.67. The third-order valence-corrected chi connectivity index (χ3v) is 2.42. The van der Waals surface area contributed by atoms with Crippen LogP contribution in [0.25, 0.3) is 0 Å². The number of halogens is 1. The molecule has 72 valence electrons. The van der Waals surface area contributed by atoms with Gasteiger partial charge < -0.3 is 4.57 Å². The highest BCUT2D eigenvalue weighted by Gasteiger charge is 2.00. The van der Waals surface area contributed by atoms with E-state index in [4.69, 9.17) is 11.6 Å². The quantitative estimate of drug-likeness (QED) is 0.795. The molecule has 5 heteroatoms. The van der Waals surface area contributed by atoms with Crippen LogP contribution in [0.2, 0.25) is 5.02 Å². The predicted molar refractivity (Wildman–Crippen MR) is 57.8 cm³/mol. The Bertz CT molecular complexity index is 441. The summed E-state index contributed by atoms with van der Waals surface area (Å²) >= 11 is 10.0. The Morgan fingerprint density at radius 1 is 1.43 bits per heavy atom. The average molecular weight is 226 g/mol. The van der Waals surface area contributed by atoms with Crippen molar-refractivity contribution >= 4 is 24.2 Å². The van der Waals surface area contributed by atoms with Crippen LogP contribution >= 0.6 is 24.2 Å². The van der Waals surface area contributed by atoms with Gasteiger partial charge in [0.2, 0.25) is 0 Å². The first-order valence-electron chi connectivity index (χ1n) is 4.07. The maximum atomic E-state index is 5.87. The molecular formula is C9H8ClN3S. The molecule has 3 nitrogen and oxygen atoms in total. The summed E-state index contributed by atoms with van der Waals surface area (Å²) in [5.74, 6) is 0. The molecule has 2 rings (SSSR count). The standard InChI is InChI=1S/C9H8ClN3S/c10-8-3-1-2-7(4-8)5-13-6-11-12-9(13)14/h1-4,6H,5H2,(H,12,14). The zero-order chi connectivity index (χ0) is 9.97. The molecule has 1 aromatic carbocycles. The molecular weight excluding hydrogens is 218 g/mol. The second-order valence-electron chi connectivity index (χ2n) is 2.89. The summed E-state index contributed by atoms with van der Waals surface area (Å²) in [5, 5.41) is 8.86. The van der Waals surface area contributed by atoms with Crippen LogP contribution in [0.15, 0.2) is 35.7 Å². The lowest BCUT2D eigenvalue weighted by Gasteiger charge is -2.03. The molecule has 0 saturated heterocycles. The summed E-state index contributed by atoms with van der Waals surface area (Å²) in [6.07, 6.45) is 1.64. The number of thiol groups is 1. The molecule has 0 N–H and O–H groups in total. The van der Waals surface area contributed by atoms with E-state index in [9.17, 15) is 0 Å². The van der Waals surface area contributed by atoms with Crippen LogP contribution in [0.1, 0.15) is 5.56 Å². The van der Waals surface area contributed by atoms with E-state index >= 15 is 0 Å². The molecule has 0 aliphatic heterocycles. The van der Waals surface area contributed by atoms with E-state index in [1.807, 2.05) is 28.8 Å². The Kier molecular flexibility index (Phi) is 2.74. The first-order valence-corrected chi connectivity index (χ1v) is 4.89. The fourth-order valence-electron chi connectivity index (χ4n) is 1.19. The maximum absolute atomic E-state index is 5.87. The SMILES string of the molecule is Sc1nncn1Cc1cccc(Cl)c1. The number of hydrogen-bond acceptors (Lipinski definition) is 3. The Hall–Kier alpha value is -1.00. The number of rotatable bonds is 2. The first kappa shape index (κ1) is 9.55. The summed E-state index contributed by atoms with van der Waals surface area (Å²) < 4.78 is 1.84. The lowest BCUT2D eigenvalue weighted by molar-refractivity contribution is 0.711. The highest BCUT2D eigenvalue weighted by atomic mass is 35.5. The van der Waals surface area contributed by atoms with Crippen molar-refractivity contribution < 1.29 is 0 Å². The van der Waals surface area contributed by atoms with Gasteiger partial charge >= 0.3 is 0 Å². The van der Waals surface area contributed by atoms with Gasteiger partial charge in [-0.05, 0) is 17.7 Å². The van der Waals surface area contributed by atoms with E-state index in [2.05, 4.69) is 22.8 Å². The van der Waals surface area contributed by atoms with E-state index in [0.717, 1.165) is 10.6 Å². The minimum atomic E-state index is 0.602. The second-order valence-corrected chi connectivity index (χ2v) is 3.73. The molecule has 0 amide bonds. The van der Waals surface area contributed by atoms with Gasteiger partial charge in [-0.15, -0.1) is 22.8 Å². The van der Waals surface area contributed by atoms with Crippen LogP contribution in [0.4, 0.5) is 0 Å². The predicted octanol–water partition coefficient (Wildman–Crippen LogP) is 2.27. The molecule has 0 unspecified atom stereocenters. The number of nitrogens with zero attached hydrogens (tertiary/aromatic N) is 3. The van der Waals surface area contributed by atoms with Crippen molar-refractivity contribution in [1.82, 2.24) is 14.8 Å². The lowest BCUT2D eigenvalue weighted by atomic mass is 10.2. The minimum absolute atomic E-state index is 0.602. The van der Waals surface area contributed by atoms with Crippen molar-refractivity contribution in [3.8, 4) is 0 Å². The fraction of sp³-hybridized carbons (Fsp3) is 0.111. The van der Waals surface area contributed by atoms with E-state index in [1.54, 1.807) is 6.33 Å². The molecule has 0 bridgehead atoms. The summed E-state index contributed by atoms with van der Waals surface area (Å²) in [4.78, 5) is 0. The molecule has 14 heavy (non-hydrogen) atoms. The van der Waals surface area contributed by atoms with Gasteiger partial charge in [0.1, 0.15) is 6.33 Å². The van der Waals surface area contributed by atoms with Crippen molar-refractivity contribution in [3.63, 3.8) is 0 Å². The zero-order valence-electron chi connectivity index (χ0n) is 7.26. The molecule has 0 radical (unpaired) electrons. The largest absolute Gasteiger partial charge is 0.304 e. The zero-order valence-corrected chi connectivity index (χ0v) is 8.91. The Balaban J connectivity index is 2.23. The molecule has 0 saturated carbocycles. The Labute approximate surface area is 92.1 Å². The van der Waals surface area contributed by atoms with Crippen molar-refractivity contribution in [1.29, 1.82) is 0 Å². The lowest BCUT2D eigenvalue weighted by Crippen LogP contribution is -1.98.